The molecular formula is C41H43ClFN7O3. The van der Waals surface area contributed by atoms with Crippen LogP contribution in [0.5, 0.6) is 0 Å². The van der Waals surface area contributed by atoms with Crippen molar-refractivity contribution in [2.75, 3.05) is 25.0 Å². The molecule has 3 aromatic carbocycles. The van der Waals surface area contributed by atoms with Crippen LogP contribution in [-0.2, 0) is 22.6 Å². The molecule has 1 aliphatic carbocycles. The van der Waals surface area contributed by atoms with Gasteiger partial charge in [0, 0.05) is 70.8 Å². The quantitative estimate of drug-likeness (QED) is 0.0615. The lowest BCUT2D eigenvalue weighted by Crippen LogP contribution is -2.30. The van der Waals surface area contributed by atoms with Crippen molar-refractivity contribution >= 4 is 51.4 Å². The number of ether oxygens (including phenoxy) is 1. The summed E-state index contributed by atoms with van der Waals surface area (Å²) in [5.74, 6) is 0.806. The van der Waals surface area contributed by atoms with Crippen LogP contribution in [0, 0.1) is 12.7 Å². The smallest absolute Gasteiger partial charge is 0.255 e. The van der Waals surface area contributed by atoms with Gasteiger partial charge in [0.25, 0.3) is 5.91 Å². The summed E-state index contributed by atoms with van der Waals surface area (Å²) in [7, 11) is 0. The number of aromatic nitrogens is 4. The number of hydrogen-bond acceptors (Lipinski definition) is 7. The summed E-state index contributed by atoms with van der Waals surface area (Å²) >= 11 is 5.90. The standard InChI is InChI=1S/C37H35ClFN7O2.C4H8O/c1-22-16-26(17-29-35(22)44-45-36(29)24-5-6-24)37(48)41-28-9-10-32-33(19-28)43-34(42-32)21-46-13-11-23(12-14-46)31(4-2-3-15-47)40-20-25-7-8-27(38)18-30(25)39;1-4-2-3-5-4/h2-4,7-11,15-19,24,40H,5-6,12-14,20-21H2,1H3,(H,41,48)(H,42,43)(H,44,45);4H,2-3H2,1H3/b3-2-,31-4-;/t;4-/m.1/s1. The normalized spacial score (nSPS) is 17.7. The maximum absolute atomic E-state index is 14.4. The summed E-state index contributed by atoms with van der Waals surface area (Å²) in [6.07, 6.45) is 12.7. The van der Waals surface area contributed by atoms with Gasteiger partial charge in [-0.3, -0.25) is 19.6 Å². The lowest BCUT2D eigenvalue weighted by atomic mass is 10.0. The van der Waals surface area contributed by atoms with Crippen LogP contribution in [0.4, 0.5) is 10.1 Å². The molecule has 1 atom stereocenters. The van der Waals surface area contributed by atoms with Gasteiger partial charge in [0.05, 0.1) is 29.2 Å². The zero-order chi connectivity index (χ0) is 36.9. The maximum Gasteiger partial charge on any atom is 0.255 e. The van der Waals surface area contributed by atoms with E-state index in [1.165, 1.54) is 18.6 Å². The van der Waals surface area contributed by atoms with E-state index in [0.717, 1.165) is 89.0 Å². The molecule has 12 heteroatoms. The van der Waals surface area contributed by atoms with Crippen LogP contribution in [0.2, 0.25) is 5.02 Å². The highest BCUT2D eigenvalue weighted by molar-refractivity contribution is 6.30. The number of benzene rings is 3. The van der Waals surface area contributed by atoms with E-state index < -0.39 is 0 Å². The zero-order valence-corrected chi connectivity index (χ0v) is 30.6. The monoisotopic (exact) mass is 735 g/mol. The van der Waals surface area contributed by atoms with Gasteiger partial charge >= 0.3 is 0 Å². The van der Waals surface area contributed by atoms with Crippen molar-refractivity contribution in [3.63, 3.8) is 0 Å². The van der Waals surface area contributed by atoms with Crippen LogP contribution in [0.1, 0.15) is 71.5 Å². The Bertz CT molecular complexity index is 2230. The van der Waals surface area contributed by atoms with E-state index in [1.54, 1.807) is 18.2 Å². The minimum absolute atomic E-state index is 0.166. The fourth-order valence-corrected chi connectivity index (χ4v) is 6.70. The van der Waals surface area contributed by atoms with Crippen molar-refractivity contribution in [2.24, 2.45) is 0 Å². The molecule has 0 unspecified atom stereocenters. The molecular weight excluding hydrogens is 693 g/mol. The first-order valence-corrected chi connectivity index (χ1v) is 18.4. The molecule has 274 valence electrons. The number of amides is 1. The molecule has 8 rings (SSSR count). The number of fused-ring (bicyclic) bond motifs is 2. The Balaban J connectivity index is 0.000000804. The first kappa shape index (κ1) is 36.3. The van der Waals surface area contributed by atoms with Gasteiger partial charge in [-0.2, -0.15) is 5.10 Å². The first-order chi connectivity index (χ1) is 25.7. The van der Waals surface area contributed by atoms with Crippen LogP contribution < -0.4 is 10.6 Å². The van der Waals surface area contributed by atoms with Gasteiger partial charge in [0.1, 0.15) is 17.9 Å². The highest BCUT2D eigenvalue weighted by Crippen LogP contribution is 2.42. The summed E-state index contributed by atoms with van der Waals surface area (Å²) in [5, 5.41) is 15.4. The molecule has 1 saturated carbocycles. The van der Waals surface area contributed by atoms with Gasteiger partial charge in [-0.1, -0.05) is 29.8 Å². The highest BCUT2D eigenvalue weighted by Gasteiger charge is 2.28. The summed E-state index contributed by atoms with van der Waals surface area (Å²) < 4.78 is 19.3. The molecule has 4 N–H and O–H groups in total. The number of carbonyl (C=O) groups is 2. The number of aryl methyl sites for hydroxylation is 1. The third-order valence-corrected chi connectivity index (χ3v) is 10.0. The van der Waals surface area contributed by atoms with Crippen molar-refractivity contribution in [1.29, 1.82) is 0 Å². The van der Waals surface area contributed by atoms with E-state index in [4.69, 9.17) is 21.3 Å². The molecule has 1 amide bonds. The number of halogens is 2. The predicted molar refractivity (Wildman–Crippen MR) is 206 cm³/mol. The Labute approximate surface area is 312 Å². The van der Waals surface area contributed by atoms with Crippen molar-refractivity contribution in [1.82, 2.24) is 30.4 Å². The van der Waals surface area contributed by atoms with E-state index in [0.29, 0.717) is 46.9 Å². The number of rotatable bonds is 11. The molecule has 5 aromatic rings. The Morgan fingerprint density at radius 3 is 2.66 bits per heavy atom. The Hall–Kier alpha value is -5.10. The minimum Gasteiger partial charge on any atom is -0.381 e. The van der Waals surface area contributed by atoms with Gasteiger partial charge in [0.2, 0.25) is 0 Å². The fraction of sp³-hybridized carbons (Fsp3) is 0.317. The third-order valence-electron chi connectivity index (χ3n) is 9.79. The van der Waals surface area contributed by atoms with Crippen LogP contribution >= 0.6 is 11.6 Å². The number of carbonyl (C=O) groups excluding carboxylic acids is 2. The lowest BCUT2D eigenvalue weighted by molar-refractivity contribution is -0.104. The number of anilines is 1. The van der Waals surface area contributed by atoms with E-state index >= 15 is 0 Å². The van der Waals surface area contributed by atoms with Gasteiger partial charge in [-0.05, 0) is 105 Å². The average Bonchev–Trinajstić information content (AvgIpc) is 3.76. The molecule has 2 fully saturated rings. The van der Waals surface area contributed by atoms with E-state index in [9.17, 15) is 14.0 Å². The number of imidazole rings is 1. The topological polar surface area (TPSA) is 128 Å². The summed E-state index contributed by atoms with van der Waals surface area (Å²) in [6.45, 7) is 7.46. The van der Waals surface area contributed by atoms with Gasteiger partial charge in [-0.25, -0.2) is 9.37 Å². The number of nitrogens with zero attached hydrogens (tertiary/aromatic N) is 3. The molecule has 0 radical (unpaired) electrons. The van der Waals surface area contributed by atoms with Crippen molar-refractivity contribution in [3.8, 4) is 0 Å². The van der Waals surface area contributed by atoms with Crippen LogP contribution in [0.15, 0.2) is 84.1 Å². The molecule has 4 heterocycles. The number of hydrogen-bond donors (Lipinski definition) is 4. The Morgan fingerprint density at radius 1 is 1.13 bits per heavy atom. The second-order valence-electron chi connectivity index (χ2n) is 13.8. The number of allylic oxidation sites excluding steroid dienone is 4. The summed E-state index contributed by atoms with van der Waals surface area (Å²) in [5.41, 5.74) is 8.42. The van der Waals surface area contributed by atoms with Crippen molar-refractivity contribution in [2.45, 2.75) is 64.6 Å². The average molecular weight is 736 g/mol. The summed E-state index contributed by atoms with van der Waals surface area (Å²) in [4.78, 5) is 34.6. The van der Waals surface area contributed by atoms with E-state index in [2.05, 4.69) is 43.7 Å². The van der Waals surface area contributed by atoms with Crippen molar-refractivity contribution in [3.05, 3.63) is 123 Å². The summed E-state index contributed by atoms with van der Waals surface area (Å²) in [6, 6.07) is 14.1. The molecule has 2 aliphatic heterocycles. The number of nitrogens with one attached hydrogen (secondary N) is 4. The molecule has 2 aromatic heterocycles. The molecule has 0 bridgehead atoms. The third kappa shape index (κ3) is 8.93. The van der Waals surface area contributed by atoms with Crippen molar-refractivity contribution < 1.29 is 18.7 Å². The first-order valence-electron chi connectivity index (χ1n) is 18.1. The largest absolute Gasteiger partial charge is 0.381 e. The number of aromatic amines is 2. The van der Waals surface area contributed by atoms with Gasteiger partial charge < -0.3 is 20.4 Å². The fourth-order valence-electron chi connectivity index (χ4n) is 6.54. The molecule has 53 heavy (non-hydrogen) atoms. The lowest BCUT2D eigenvalue weighted by Gasteiger charge is -2.27. The molecule has 3 aliphatic rings. The number of aldehydes is 1. The van der Waals surface area contributed by atoms with Gasteiger partial charge in [0.15, 0.2) is 0 Å². The minimum atomic E-state index is -0.369. The van der Waals surface area contributed by atoms with E-state index in [1.807, 2.05) is 43.3 Å². The molecule has 1 saturated heterocycles. The Morgan fingerprint density at radius 2 is 1.96 bits per heavy atom. The Kier molecular flexibility index (Phi) is 11.1. The van der Waals surface area contributed by atoms with Crippen LogP contribution in [-0.4, -0.2) is 63.1 Å². The second-order valence-corrected chi connectivity index (χ2v) is 14.3. The van der Waals surface area contributed by atoms with Crippen LogP contribution in [0.25, 0.3) is 21.9 Å². The van der Waals surface area contributed by atoms with Crippen LogP contribution in [0.3, 0.4) is 0 Å². The number of H-pyrrole nitrogens is 2. The van der Waals surface area contributed by atoms with Gasteiger partial charge in [-0.15, -0.1) is 0 Å². The highest BCUT2D eigenvalue weighted by atomic mass is 35.5. The second kappa shape index (κ2) is 16.3. The predicted octanol–water partition coefficient (Wildman–Crippen LogP) is 8.03. The molecule has 0 spiro atoms. The molecule has 10 nitrogen and oxygen atoms in total. The van der Waals surface area contributed by atoms with E-state index in [-0.39, 0.29) is 18.3 Å². The maximum atomic E-state index is 14.4. The SMILES string of the molecule is C[C@@H]1CCO1.Cc1cc(C(=O)Nc2ccc3nc(CN4CC=C(/C(=C/C=C\C=O)NCc5ccc(Cl)cc5F)CC4)[nH]c3c2)cc2c(C3CC3)[nH]nc12. The zero-order valence-electron chi connectivity index (χ0n) is 29.8.